The van der Waals surface area contributed by atoms with Crippen molar-refractivity contribution in [1.29, 1.82) is 0 Å². The fourth-order valence-corrected chi connectivity index (χ4v) is 0.402. The van der Waals surface area contributed by atoms with E-state index in [0.717, 1.165) is 0 Å². The molecule has 0 aliphatic carbocycles. The van der Waals surface area contributed by atoms with E-state index < -0.39 is 10.4 Å². The Bertz CT molecular complexity index is 165. The van der Waals surface area contributed by atoms with E-state index in [1.807, 2.05) is 0 Å². The van der Waals surface area contributed by atoms with Crippen molar-refractivity contribution in [2.75, 3.05) is 6.61 Å². The van der Waals surface area contributed by atoms with E-state index in [2.05, 4.69) is 10.8 Å². The summed E-state index contributed by atoms with van der Waals surface area (Å²) >= 11 is 0. The van der Waals surface area contributed by atoms with Gasteiger partial charge in [-0.05, 0) is 0 Å². The van der Waals surface area contributed by atoms with Gasteiger partial charge in [-0.2, -0.15) is 8.42 Å². The molecular weight excluding hydrogens is 139 g/mol. The van der Waals surface area contributed by atoms with Crippen LogP contribution in [-0.2, 0) is 14.6 Å². The van der Waals surface area contributed by atoms with Crippen LogP contribution in [0.2, 0.25) is 0 Å². The standard InChI is InChI=1S/C3H6O4S.Li.H/c1-2-3-7-8(4,5)6;;/h2H,1,3H2,(H,4,5,6);;/q;+1;-1. The van der Waals surface area contributed by atoms with Gasteiger partial charge < -0.3 is 1.43 Å². The molecule has 0 spiro atoms. The maximum absolute atomic E-state index is 9.68. The first-order valence-corrected chi connectivity index (χ1v) is 3.15. The Morgan fingerprint density at radius 3 is 2.33 bits per heavy atom. The van der Waals surface area contributed by atoms with Crippen LogP contribution in [0.1, 0.15) is 1.43 Å². The van der Waals surface area contributed by atoms with Crippen molar-refractivity contribution in [2.45, 2.75) is 0 Å². The molecule has 0 radical (unpaired) electrons. The molecular formula is C3H7LiO4S. The largest absolute Gasteiger partial charge is 1.00 e. The van der Waals surface area contributed by atoms with E-state index in [1.54, 1.807) is 0 Å². The van der Waals surface area contributed by atoms with Crippen molar-refractivity contribution in [3.63, 3.8) is 0 Å². The fraction of sp³-hybridized carbons (Fsp3) is 0.333. The summed E-state index contributed by atoms with van der Waals surface area (Å²) in [6.45, 7) is 2.97. The summed E-state index contributed by atoms with van der Waals surface area (Å²) in [4.78, 5) is 0. The predicted molar refractivity (Wildman–Crippen MR) is 28.8 cm³/mol. The molecule has 0 aliphatic heterocycles. The minimum absolute atomic E-state index is 0. The molecule has 0 aromatic heterocycles. The van der Waals surface area contributed by atoms with Crippen molar-refractivity contribution in [3.05, 3.63) is 12.7 Å². The maximum Gasteiger partial charge on any atom is 1.00 e. The minimum atomic E-state index is -4.26. The smallest absolute Gasteiger partial charge is 1.00 e. The molecule has 0 saturated heterocycles. The minimum Gasteiger partial charge on any atom is -1.00 e. The molecule has 0 rings (SSSR count). The first-order valence-electron chi connectivity index (χ1n) is 1.79. The number of rotatable bonds is 3. The van der Waals surface area contributed by atoms with E-state index in [4.69, 9.17) is 4.55 Å². The van der Waals surface area contributed by atoms with E-state index in [9.17, 15) is 8.42 Å². The van der Waals surface area contributed by atoms with Crippen LogP contribution >= 0.6 is 0 Å². The van der Waals surface area contributed by atoms with Gasteiger partial charge in [-0.3, -0.25) is 4.55 Å². The van der Waals surface area contributed by atoms with Gasteiger partial charge >= 0.3 is 29.3 Å². The molecule has 0 aromatic carbocycles. The molecule has 0 heterocycles. The molecule has 4 nitrogen and oxygen atoms in total. The second kappa shape index (κ2) is 5.03. The Hall–Kier alpha value is 0.207. The maximum atomic E-state index is 9.68. The first kappa shape index (κ1) is 11.9. The summed E-state index contributed by atoms with van der Waals surface area (Å²) in [5.74, 6) is 0. The van der Waals surface area contributed by atoms with Crippen LogP contribution in [0.15, 0.2) is 12.7 Å². The monoisotopic (exact) mass is 146 g/mol. The van der Waals surface area contributed by atoms with Gasteiger partial charge in [0.25, 0.3) is 0 Å². The van der Waals surface area contributed by atoms with Gasteiger partial charge in [-0.1, -0.05) is 6.08 Å². The summed E-state index contributed by atoms with van der Waals surface area (Å²) < 4.78 is 31.0. The molecule has 0 aromatic rings. The van der Waals surface area contributed by atoms with Crippen LogP contribution in [0.25, 0.3) is 0 Å². The summed E-state index contributed by atoms with van der Waals surface area (Å²) in [6, 6.07) is 0. The third-order valence-corrected chi connectivity index (χ3v) is 0.769. The van der Waals surface area contributed by atoms with Gasteiger partial charge in [0.15, 0.2) is 0 Å². The van der Waals surface area contributed by atoms with Crippen molar-refractivity contribution in [3.8, 4) is 0 Å². The van der Waals surface area contributed by atoms with Gasteiger partial charge in [0.05, 0.1) is 6.61 Å². The van der Waals surface area contributed by atoms with Crippen LogP contribution in [0.5, 0.6) is 0 Å². The van der Waals surface area contributed by atoms with Gasteiger partial charge in [0, 0.05) is 0 Å². The normalized spacial score (nSPS) is 9.89. The molecule has 0 saturated carbocycles. The third kappa shape index (κ3) is 11.7. The molecule has 0 amide bonds. The zero-order valence-electron chi connectivity index (χ0n) is 6.07. The van der Waals surface area contributed by atoms with Crippen molar-refractivity contribution in [2.24, 2.45) is 0 Å². The molecule has 0 aliphatic rings. The quantitative estimate of drug-likeness (QED) is 0.264. The molecule has 0 atom stereocenters. The summed E-state index contributed by atoms with van der Waals surface area (Å²) in [6.07, 6.45) is 1.22. The SMILES string of the molecule is C=CCOS(=O)(=O)O.[H-].[Li+]. The molecule has 9 heavy (non-hydrogen) atoms. The van der Waals surface area contributed by atoms with Crippen LogP contribution < -0.4 is 18.9 Å². The average Bonchev–Trinajstić information content (AvgIpc) is 1.59. The summed E-state index contributed by atoms with van der Waals surface area (Å²) in [5.41, 5.74) is 0. The van der Waals surface area contributed by atoms with Crippen LogP contribution in [0, 0.1) is 0 Å². The number of hydrogen-bond donors (Lipinski definition) is 1. The van der Waals surface area contributed by atoms with Crippen LogP contribution in [-0.4, -0.2) is 19.6 Å². The number of hydrogen-bond acceptors (Lipinski definition) is 3. The summed E-state index contributed by atoms with van der Waals surface area (Å²) in [5, 5.41) is 0. The van der Waals surface area contributed by atoms with Gasteiger partial charge in [0.2, 0.25) is 0 Å². The molecule has 6 heteroatoms. The molecule has 0 unspecified atom stereocenters. The molecule has 0 bridgehead atoms. The topological polar surface area (TPSA) is 63.6 Å². The fourth-order valence-electron chi connectivity index (χ4n) is 0.134. The van der Waals surface area contributed by atoms with Gasteiger partial charge in [-0.25, -0.2) is 4.18 Å². The zero-order valence-corrected chi connectivity index (χ0v) is 5.89. The van der Waals surface area contributed by atoms with Crippen molar-refractivity contribution in [1.82, 2.24) is 0 Å². The van der Waals surface area contributed by atoms with E-state index in [-0.39, 0.29) is 26.9 Å². The predicted octanol–water partition coefficient (Wildman–Crippen LogP) is -2.89. The zero-order chi connectivity index (χ0) is 6.62. The van der Waals surface area contributed by atoms with E-state index >= 15 is 0 Å². The van der Waals surface area contributed by atoms with Crippen molar-refractivity contribution >= 4 is 10.4 Å². The molecule has 50 valence electrons. The molecule has 1 N–H and O–H groups in total. The van der Waals surface area contributed by atoms with Crippen molar-refractivity contribution < 1.29 is 37.4 Å². The Morgan fingerprint density at radius 1 is 1.78 bits per heavy atom. The molecule has 0 fully saturated rings. The van der Waals surface area contributed by atoms with Crippen LogP contribution in [0.4, 0.5) is 0 Å². The van der Waals surface area contributed by atoms with Gasteiger partial charge in [-0.15, -0.1) is 6.58 Å². The first-order chi connectivity index (χ1) is 3.56. The van der Waals surface area contributed by atoms with Gasteiger partial charge in [0.1, 0.15) is 0 Å². The second-order valence-electron chi connectivity index (χ2n) is 1.00. The third-order valence-electron chi connectivity index (χ3n) is 0.335. The Kier molecular flexibility index (Phi) is 6.67. The van der Waals surface area contributed by atoms with E-state index in [0.29, 0.717) is 0 Å². The Labute approximate surface area is 67.5 Å². The summed E-state index contributed by atoms with van der Waals surface area (Å²) in [7, 11) is -4.26. The van der Waals surface area contributed by atoms with Crippen LogP contribution in [0.3, 0.4) is 0 Å². The Balaban J connectivity index is -0.000000245. The Morgan fingerprint density at radius 2 is 2.22 bits per heavy atom. The average molecular weight is 146 g/mol. The second-order valence-corrected chi connectivity index (χ2v) is 2.09. The van der Waals surface area contributed by atoms with E-state index in [1.165, 1.54) is 6.08 Å².